The van der Waals surface area contributed by atoms with Crippen LogP contribution in [0.25, 0.3) is 11.5 Å². The van der Waals surface area contributed by atoms with E-state index in [1.807, 2.05) is 10.6 Å². The van der Waals surface area contributed by atoms with Gasteiger partial charge in [0.1, 0.15) is 18.0 Å². The Morgan fingerprint density at radius 2 is 1.97 bits per heavy atom. The summed E-state index contributed by atoms with van der Waals surface area (Å²) in [5.74, 6) is 2.97. The number of hydrogen-bond donors (Lipinski definition) is 1. The Kier molecular flexibility index (Phi) is 4.50. The summed E-state index contributed by atoms with van der Waals surface area (Å²) in [6.07, 6.45) is 4.06. The Bertz CT molecular complexity index is 1000. The van der Waals surface area contributed by atoms with E-state index < -0.39 is 0 Å². The summed E-state index contributed by atoms with van der Waals surface area (Å²) in [4.78, 5) is 2.28. The van der Waals surface area contributed by atoms with Gasteiger partial charge in [-0.1, -0.05) is 23.4 Å². The SMILES string of the molecule is CCn1c(-c2cc(CO)on2)nnc1N1CCC2(CCc3ccccc3O2)CC1. The minimum atomic E-state index is -0.183. The molecule has 0 atom stereocenters. The number of benzene rings is 1. The summed E-state index contributed by atoms with van der Waals surface area (Å²) in [6.45, 7) is 4.36. The fourth-order valence-corrected chi connectivity index (χ4v) is 4.43. The number of nitrogens with zero attached hydrogens (tertiary/aromatic N) is 5. The van der Waals surface area contributed by atoms with E-state index in [1.54, 1.807) is 6.07 Å². The normalized spacial score (nSPS) is 17.9. The molecule has 0 amide bonds. The third-order valence-corrected chi connectivity index (χ3v) is 6.10. The lowest BCUT2D eigenvalue weighted by Crippen LogP contribution is -2.50. The molecule has 0 saturated carbocycles. The maximum Gasteiger partial charge on any atom is 0.227 e. The van der Waals surface area contributed by atoms with Gasteiger partial charge in [0.25, 0.3) is 0 Å². The number of hydrogen-bond acceptors (Lipinski definition) is 7. The third kappa shape index (κ3) is 3.17. The van der Waals surface area contributed by atoms with Crippen LogP contribution < -0.4 is 9.64 Å². The lowest BCUT2D eigenvalue weighted by Gasteiger charge is -2.44. The molecule has 8 nitrogen and oxygen atoms in total. The topological polar surface area (TPSA) is 89.4 Å². The second kappa shape index (κ2) is 7.18. The second-order valence-corrected chi connectivity index (χ2v) is 7.78. The van der Waals surface area contributed by atoms with Gasteiger partial charge in [0.2, 0.25) is 5.95 Å². The van der Waals surface area contributed by atoms with Gasteiger partial charge in [-0.2, -0.15) is 0 Å². The molecule has 0 aliphatic carbocycles. The Labute approximate surface area is 169 Å². The molecule has 1 aromatic carbocycles. The quantitative estimate of drug-likeness (QED) is 0.726. The average molecular weight is 395 g/mol. The van der Waals surface area contributed by atoms with Gasteiger partial charge in [0, 0.05) is 38.5 Å². The molecular formula is C21H25N5O3. The zero-order valence-electron chi connectivity index (χ0n) is 16.5. The van der Waals surface area contributed by atoms with Crippen LogP contribution in [0, 0.1) is 0 Å². The number of aromatic nitrogens is 4. The molecule has 2 aliphatic heterocycles. The van der Waals surface area contributed by atoms with Crippen molar-refractivity contribution >= 4 is 5.95 Å². The van der Waals surface area contributed by atoms with Crippen LogP contribution in [0.1, 0.15) is 37.5 Å². The fourth-order valence-electron chi connectivity index (χ4n) is 4.43. The molecule has 0 bridgehead atoms. The minimum absolute atomic E-state index is 0.0765. The van der Waals surface area contributed by atoms with Crippen LogP contribution in [-0.4, -0.2) is 43.7 Å². The first-order valence-electron chi connectivity index (χ1n) is 10.2. The molecule has 0 unspecified atom stereocenters. The molecule has 152 valence electrons. The average Bonchev–Trinajstić information content (AvgIpc) is 3.41. The van der Waals surface area contributed by atoms with Crippen LogP contribution in [0.4, 0.5) is 5.95 Å². The van der Waals surface area contributed by atoms with Gasteiger partial charge >= 0.3 is 0 Å². The molecule has 8 heteroatoms. The minimum Gasteiger partial charge on any atom is -0.487 e. The molecule has 2 aromatic heterocycles. The Morgan fingerprint density at radius 3 is 2.72 bits per heavy atom. The molecule has 0 radical (unpaired) electrons. The van der Waals surface area contributed by atoms with Gasteiger partial charge in [-0.25, -0.2) is 0 Å². The van der Waals surface area contributed by atoms with Gasteiger partial charge in [-0.15, -0.1) is 10.2 Å². The van der Waals surface area contributed by atoms with E-state index >= 15 is 0 Å². The molecule has 29 heavy (non-hydrogen) atoms. The van der Waals surface area contributed by atoms with Crippen molar-refractivity contribution in [2.75, 3.05) is 18.0 Å². The van der Waals surface area contributed by atoms with Crippen LogP contribution >= 0.6 is 0 Å². The molecule has 4 heterocycles. The molecule has 1 N–H and O–H groups in total. The number of aliphatic hydroxyl groups is 1. The summed E-state index contributed by atoms with van der Waals surface area (Å²) >= 11 is 0. The fraction of sp³-hybridized carbons (Fsp3) is 0.476. The Morgan fingerprint density at radius 1 is 1.14 bits per heavy atom. The lowest BCUT2D eigenvalue weighted by atomic mass is 9.83. The smallest absolute Gasteiger partial charge is 0.227 e. The highest BCUT2D eigenvalue weighted by Crippen LogP contribution is 2.40. The summed E-state index contributed by atoms with van der Waals surface area (Å²) in [5.41, 5.74) is 1.83. The number of piperidine rings is 1. The first kappa shape index (κ1) is 18.2. The van der Waals surface area contributed by atoms with E-state index in [-0.39, 0.29) is 12.2 Å². The molecule has 2 aliphatic rings. The van der Waals surface area contributed by atoms with E-state index in [2.05, 4.69) is 45.4 Å². The molecule has 3 aromatic rings. The monoisotopic (exact) mass is 395 g/mol. The van der Waals surface area contributed by atoms with Crippen LogP contribution in [0.3, 0.4) is 0 Å². The van der Waals surface area contributed by atoms with Gasteiger partial charge in [0.05, 0.1) is 0 Å². The van der Waals surface area contributed by atoms with Crippen molar-refractivity contribution in [2.24, 2.45) is 0 Å². The van der Waals surface area contributed by atoms with E-state index in [0.29, 0.717) is 17.3 Å². The molecule has 5 rings (SSSR count). The maximum atomic E-state index is 9.22. The van der Waals surface area contributed by atoms with Gasteiger partial charge in [0.15, 0.2) is 17.3 Å². The number of ether oxygens (including phenoxy) is 1. The number of aliphatic hydroxyl groups excluding tert-OH is 1. The summed E-state index contributed by atoms with van der Waals surface area (Å²) in [5, 5.41) is 22.0. The van der Waals surface area contributed by atoms with Crippen molar-refractivity contribution in [1.82, 2.24) is 19.9 Å². The van der Waals surface area contributed by atoms with E-state index in [0.717, 1.165) is 57.0 Å². The lowest BCUT2D eigenvalue weighted by molar-refractivity contribution is 0.0222. The van der Waals surface area contributed by atoms with Crippen LogP contribution in [0.15, 0.2) is 34.9 Å². The van der Waals surface area contributed by atoms with Crippen molar-refractivity contribution in [3.8, 4) is 17.3 Å². The molecule has 1 saturated heterocycles. The zero-order valence-corrected chi connectivity index (χ0v) is 16.5. The molecular weight excluding hydrogens is 370 g/mol. The zero-order chi connectivity index (χ0) is 19.8. The highest BCUT2D eigenvalue weighted by atomic mass is 16.5. The number of fused-ring (bicyclic) bond motifs is 1. The summed E-state index contributed by atoms with van der Waals surface area (Å²) in [7, 11) is 0. The van der Waals surface area contributed by atoms with Crippen LogP contribution in [0.2, 0.25) is 0 Å². The van der Waals surface area contributed by atoms with Crippen LogP contribution in [0.5, 0.6) is 5.75 Å². The van der Waals surface area contributed by atoms with Crippen molar-refractivity contribution in [1.29, 1.82) is 0 Å². The summed E-state index contributed by atoms with van der Waals surface area (Å²) in [6, 6.07) is 10.1. The second-order valence-electron chi connectivity index (χ2n) is 7.78. The van der Waals surface area contributed by atoms with E-state index in [1.165, 1.54) is 5.56 Å². The number of aryl methyl sites for hydroxylation is 1. The highest BCUT2D eigenvalue weighted by Gasteiger charge is 2.40. The number of para-hydroxylation sites is 1. The van der Waals surface area contributed by atoms with Gasteiger partial charge < -0.3 is 19.3 Å². The van der Waals surface area contributed by atoms with Gasteiger partial charge in [-0.05, 0) is 31.4 Å². The third-order valence-electron chi connectivity index (χ3n) is 6.10. The first-order valence-corrected chi connectivity index (χ1v) is 10.2. The predicted molar refractivity (Wildman–Crippen MR) is 107 cm³/mol. The van der Waals surface area contributed by atoms with Crippen molar-refractivity contribution in [2.45, 2.75) is 51.4 Å². The number of anilines is 1. The highest BCUT2D eigenvalue weighted by molar-refractivity contribution is 5.53. The van der Waals surface area contributed by atoms with E-state index in [4.69, 9.17) is 9.26 Å². The first-order chi connectivity index (χ1) is 14.2. The molecule has 1 spiro atoms. The summed E-state index contributed by atoms with van der Waals surface area (Å²) < 4.78 is 13.6. The van der Waals surface area contributed by atoms with E-state index in [9.17, 15) is 5.11 Å². The van der Waals surface area contributed by atoms with Crippen molar-refractivity contribution in [3.05, 3.63) is 41.7 Å². The number of rotatable bonds is 4. The largest absolute Gasteiger partial charge is 0.487 e. The Balaban J connectivity index is 1.34. The van der Waals surface area contributed by atoms with Gasteiger partial charge in [-0.3, -0.25) is 4.57 Å². The Hall–Kier alpha value is -2.87. The molecule has 1 fully saturated rings. The van der Waals surface area contributed by atoms with Crippen LogP contribution in [-0.2, 0) is 19.6 Å². The van der Waals surface area contributed by atoms with Crippen molar-refractivity contribution in [3.63, 3.8) is 0 Å². The standard InChI is InChI=1S/C21H25N5O3/c1-2-26-19(17-13-16(14-27)29-24-17)22-23-20(26)25-11-9-21(10-12-25)8-7-15-5-3-4-6-18(15)28-21/h3-6,13,27H,2,7-12,14H2,1H3. The predicted octanol–water partition coefficient (Wildman–Crippen LogP) is 2.81. The van der Waals surface area contributed by atoms with Crippen molar-refractivity contribution < 1.29 is 14.4 Å². The maximum absolute atomic E-state index is 9.22.